The van der Waals surface area contributed by atoms with Crippen LogP contribution in [-0.2, 0) is 35.1 Å². The summed E-state index contributed by atoms with van der Waals surface area (Å²) in [5, 5.41) is 13.7. The van der Waals surface area contributed by atoms with Crippen LogP contribution in [0, 0.1) is 0 Å². The third kappa shape index (κ3) is 5.69. The molecule has 0 spiro atoms. The number of β-lactam (4-membered cyclic amide) rings is 1. The monoisotopic (exact) mass is 590 g/mol. The lowest BCUT2D eigenvalue weighted by Gasteiger charge is -2.55. The van der Waals surface area contributed by atoms with Gasteiger partial charge in [-0.3, -0.25) is 14.5 Å². The van der Waals surface area contributed by atoms with Crippen molar-refractivity contribution in [2.45, 2.75) is 23.6 Å². The van der Waals surface area contributed by atoms with Crippen molar-refractivity contribution in [3.05, 3.63) is 118 Å². The summed E-state index contributed by atoms with van der Waals surface area (Å²) in [5.74, 6) is -2.96. The largest absolute Gasteiger partial charge is 0.477 e. The van der Waals surface area contributed by atoms with Gasteiger partial charge in [0.05, 0.1) is 6.42 Å². The number of rotatable bonds is 10. The number of carboxylic acids is 1. The van der Waals surface area contributed by atoms with Crippen molar-refractivity contribution in [2.75, 3.05) is 12.9 Å². The van der Waals surface area contributed by atoms with Crippen LogP contribution >= 0.6 is 23.1 Å². The van der Waals surface area contributed by atoms with Crippen LogP contribution in [0.15, 0.2) is 102 Å². The quantitative estimate of drug-likeness (QED) is 0.158. The van der Waals surface area contributed by atoms with Crippen LogP contribution in [0.2, 0.25) is 0 Å². The minimum Gasteiger partial charge on any atom is -0.477 e. The van der Waals surface area contributed by atoms with Gasteiger partial charge >= 0.3 is 11.9 Å². The van der Waals surface area contributed by atoms with Crippen molar-refractivity contribution in [3.8, 4) is 0 Å². The van der Waals surface area contributed by atoms with Gasteiger partial charge in [0.25, 0.3) is 11.6 Å². The van der Waals surface area contributed by atoms with Crippen LogP contribution in [0.4, 0.5) is 0 Å². The second kappa shape index (κ2) is 12.1. The number of methoxy groups -OCH3 is 1. The maximum Gasteiger partial charge on any atom is 0.352 e. The number of fused-ring (bicyclic) bond motifs is 1. The highest BCUT2D eigenvalue weighted by Gasteiger charge is 2.66. The number of carbonyl (C=O) groups is 4. The van der Waals surface area contributed by atoms with Crippen molar-refractivity contribution in [2.24, 2.45) is 0 Å². The zero-order valence-electron chi connectivity index (χ0n) is 21.9. The van der Waals surface area contributed by atoms with E-state index in [1.165, 1.54) is 36.3 Å². The molecule has 1 aromatic heterocycles. The Morgan fingerprint density at radius 1 is 1.07 bits per heavy atom. The van der Waals surface area contributed by atoms with E-state index in [0.29, 0.717) is 0 Å². The summed E-state index contributed by atoms with van der Waals surface area (Å²) in [7, 11) is 1.30. The third-order valence-electron chi connectivity index (χ3n) is 6.68. The van der Waals surface area contributed by atoms with E-state index in [-0.39, 0.29) is 23.4 Å². The number of thiophene rings is 1. The highest BCUT2D eigenvalue weighted by molar-refractivity contribution is 8.00. The lowest BCUT2D eigenvalue weighted by atomic mass is 9.97. The predicted molar refractivity (Wildman–Crippen MR) is 154 cm³/mol. The van der Waals surface area contributed by atoms with E-state index in [2.05, 4.69) is 5.32 Å². The number of nitrogens with one attached hydrogen (secondary N) is 1. The van der Waals surface area contributed by atoms with Gasteiger partial charge in [-0.2, -0.15) is 0 Å². The van der Waals surface area contributed by atoms with E-state index in [9.17, 15) is 24.3 Å². The first-order valence-corrected chi connectivity index (χ1v) is 14.6. The number of hydrogen-bond acceptors (Lipinski definition) is 8. The number of carbonyl (C=O) groups excluding carboxylic acids is 3. The molecule has 1 saturated heterocycles. The molecular formula is C30H26N2O7S2. The second-order valence-corrected chi connectivity index (χ2v) is 11.3. The molecular weight excluding hydrogens is 564 g/mol. The molecule has 2 aromatic carbocycles. The molecule has 0 bridgehead atoms. The fourth-order valence-electron chi connectivity index (χ4n) is 4.76. The molecule has 3 aromatic rings. The second-order valence-electron chi connectivity index (χ2n) is 9.23. The van der Waals surface area contributed by atoms with Crippen molar-refractivity contribution in [3.63, 3.8) is 0 Å². The summed E-state index contributed by atoms with van der Waals surface area (Å²) in [6.07, 6.45) is 1.93. The Labute approximate surface area is 244 Å². The summed E-state index contributed by atoms with van der Waals surface area (Å²) in [6, 6.07) is 22.2. The Balaban J connectivity index is 1.34. The number of carboxylic acid groups (broad SMARTS) is 1. The number of amides is 2. The van der Waals surface area contributed by atoms with E-state index < -0.39 is 41.0 Å². The van der Waals surface area contributed by atoms with Crippen molar-refractivity contribution >= 4 is 46.9 Å². The van der Waals surface area contributed by atoms with Crippen LogP contribution < -0.4 is 5.32 Å². The van der Waals surface area contributed by atoms with Crippen molar-refractivity contribution in [1.82, 2.24) is 10.2 Å². The lowest BCUT2D eigenvalue weighted by Crippen LogP contribution is -2.80. The van der Waals surface area contributed by atoms with Gasteiger partial charge < -0.3 is 19.9 Å². The first-order chi connectivity index (χ1) is 19.8. The van der Waals surface area contributed by atoms with Crippen LogP contribution in [0.25, 0.3) is 0 Å². The zero-order valence-corrected chi connectivity index (χ0v) is 23.5. The summed E-state index contributed by atoms with van der Waals surface area (Å²) in [5.41, 5.74) is -0.137. The molecule has 0 aliphatic carbocycles. The first kappa shape index (κ1) is 28.3. The third-order valence-corrected chi connectivity index (χ3v) is 8.90. The standard InChI is InChI=1S/C30H26N2O7S2/c1-38-30(31-23(33)17-22-13-8-16-40-22)28(37)32-25(27(35)36)21(18-41-29(30)32)14-15-24(34)39-26(19-9-4-2-5-10-19)20-11-6-3-7-12-20/h2-16,26,29H,17-18H2,1H3,(H,31,33)(H,35,36)/t29-,30-/m0/s1. The van der Waals surface area contributed by atoms with Crippen molar-refractivity contribution < 1.29 is 33.8 Å². The molecule has 9 nitrogen and oxygen atoms in total. The first-order valence-electron chi connectivity index (χ1n) is 12.6. The summed E-state index contributed by atoms with van der Waals surface area (Å²) in [6.45, 7) is 0. The van der Waals surface area contributed by atoms with Gasteiger partial charge in [0.1, 0.15) is 11.1 Å². The number of nitrogens with zero attached hydrogens (tertiary/aromatic N) is 1. The molecule has 2 N–H and O–H groups in total. The number of aliphatic carboxylic acids is 1. The summed E-state index contributed by atoms with van der Waals surface area (Å²) in [4.78, 5) is 53.1. The molecule has 11 heteroatoms. The summed E-state index contributed by atoms with van der Waals surface area (Å²) < 4.78 is 11.3. The van der Waals surface area contributed by atoms with E-state index in [1.54, 1.807) is 0 Å². The summed E-state index contributed by atoms with van der Waals surface area (Å²) >= 11 is 2.64. The normalized spacial score (nSPS) is 20.1. The van der Waals surface area contributed by atoms with E-state index in [4.69, 9.17) is 9.47 Å². The molecule has 5 rings (SSSR count). The van der Waals surface area contributed by atoms with Gasteiger partial charge in [0.2, 0.25) is 5.91 Å². The molecule has 0 radical (unpaired) electrons. The van der Waals surface area contributed by atoms with Gasteiger partial charge in [0, 0.05) is 23.8 Å². The Morgan fingerprint density at radius 3 is 2.29 bits per heavy atom. The van der Waals surface area contributed by atoms with Crippen LogP contribution in [-0.4, -0.2) is 57.7 Å². The van der Waals surface area contributed by atoms with Crippen LogP contribution in [0.3, 0.4) is 0 Å². The average Bonchev–Trinajstić information content (AvgIpc) is 3.50. The SMILES string of the molecule is CO[C@@]1(NC(=O)Cc2cccs2)C(=O)N2C(C(=O)O)=C(C=CC(=O)OC(c3ccccc3)c3ccccc3)CS[C@H]21. The number of allylic oxidation sites excluding steroid dienone is 1. The molecule has 3 heterocycles. The fraction of sp³-hybridized carbons (Fsp3) is 0.200. The van der Waals surface area contributed by atoms with Gasteiger partial charge in [-0.15, -0.1) is 23.1 Å². The Bertz CT molecular complexity index is 1470. The van der Waals surface area contributed by atoms with Gasteiger partial charge in [-0.25, -0.2) is 9.59 Å². The highest BCUT2D eigenvalue weighted by atomic mass is 32.2. The zero-order chi connectivity index (χ0) is 29.0. The smallest absolute Gasteiger partial charge is 0.352 e. The maximum atomic E-state index is 13.3. The topological polar surface area (TPSA) is 122 Å². The van der Waals surface area contributed by atoms with Crippen LogP contribution in [0.5, 0.6) is 0 Å². The fourth-order valence-corrected chi connectivity index (χ4v) is 6.88. The van der Waals surface area contributed by atoms with Crippen LogP contribution in [0.1, 0.15) is 22.1 Å². The minimum atomic E-state index is -1.69. The number of ether oxygens (including phenoxy) is 2. The van der Waals surface area contributed by atoms with E-state index >= 15 is 0 Å². The van der Waals surface area contributed by atoms with E-state index in [1.807, 2.05) is 78.2 Å². The number of thioether (sulfide) groups is 1. The Morgan fingerprint density at radius 2 is 1.73 bits per heavy atom. The molecule has 0 saturated carbocycles. The number of benzene rings is 2. The molecule has 2 aliphatic rings. The van der Waals surface area contributed by atoms with Crippen molar-refractivity contribution in [1.29, 1.82) is 0 Å². The Kier molecular flexibility index (Phi) is 8.39. The lowest BCUT2D eigenvalue weighted by molar-refractivity contribution is -0.192. The molecule has 0 unspecified atom stereocenters. The number of hydrogen-bond donors (Lipinski definition) is 2. The molecule has 2 atom stereocenters. The highest BCUT2D eigenvalue weighted by Crippen LogP contribution is 2.47. The Hall–Kier alpha value is -4.19. The maximum absolute atomic E-state index is 13.3. The molecule has 1 fully saturated rings. The molecule has 41 heavy (non-hydrogen) atoms. The van der Waals surface area contributed by atoms with Gasteiger partial charge in [0.15, 0.2) is 6.10 Å². The average molecular weight is 591 g/mol. The van der Waals surface area contributed by atoms with Gasteiger partial charge in [-0.1, -0.05) is 66.7 Å². The van der Waals surface area contributed by atoms with E-state index in [0.717, 1.165) is 27.0 Å². The molecule has 2 aliphatic heterocycles. The van der Waals surface area contributed by atoms with Gasteiger partial charge in [-0.05, 0) is 34.2 Å². The molecule has 2 amide bonds. The molecule has 210 valence electrons. The number of esters is 1. The minimum absolute atomic E-state index is 0.0676. The predicted octanol–water partition coefficient (Wildman–Crippen LogP) is 3.89.